The number of rotatable bonds is 8. The second kappa shape index (κ2) is 8.59. The lowest BCUT2D eigenvalue weighted by molar-refractivity contribution is 0.538. The van der Waals surface area contributed by atoms with Gasteiger partial charge in [-0.05, 0) is 37.0 Å². The molecule has 2 nitrogen and oxygen atoms in total. The average Bonchev–Trinajstić information content (AvgIpc) is 2.31. The summed E-state index contributed by atoms with van der Waals surface area (Å²) in [5, 5.41) is 3.54. The van der Waals surface area contributed by atoms with E-state index in [0.717, 1.165) is 13.0 Å². The Morgan fingerprint density at radius 3 is 3.00 bits per heavy atom. The predicted molar refractivity (Wildman–Crippen MR) is 73.0 cm³/mol. The molecule has 1 heterocycles. The number of hydrogen-bond donors (Lipinski definition) is 1. The summed E-state index contributed by atoms with van der Waals surface area (Å²) in [6.45, 7) is 5.49. The Hall–Kier alpha value is -0.540. The van der Waals surface area contributed by atoms with E-state index in [0.29, 0.717) is 6.04 Å². The Balaban J connectivity index is 2.06. The van der Waals surface area contributed by atoms with Gasteiger partial charge in [-0.25, -0.2) is 0 Å². The highest BCUT2D eigenvalue weighted by molar-refractivity contribution is 7.99. The van der Waals surface area contributed by atoms with E-state index >= 15 is 0 Å². The lowest BCUT2D eigenvalue weighted by atomic mass is 10.2. The lowest BCUT2D eigenvalue weighted by Crippen LogP contribution is -2.28. The molecule has 0 fully saturated rings. The molecule has 3 heteroatoms. The molecule has 0 spiro atoms. The number of pyridine rings is 1. The van der Waals surface area contributed by atoms with Crippen molar-refractivity contribution in [3.63, 3.8) is 0 Å². The topological polar surface area (TPSA) is 24.9 Å². The van der Waals surface area contributed by atoms with Gasteiger partial charge >= 0.3 is 0 Å². The van der Waals surface area contributed by atoms with E-state index in [1.165, 1.54) is 23.6 Å². The van der Waals surface area contributed by atoms with Gasteiger partial charge in [-0.15, -0.1) is 0 Å². The molecule has 1 aromatic heterocycles. The molecule has 1 N–H and O–H groups in total. The highest BCUT2D eigenvalue weighted by Crippen LogP contribution is 2.03. The third-order valence-corrected chi connectivity index (χ3v) is 3.43. The maximum atomic E-state index is 4.31. The van der Waals surface area contributed by atoms with E-state index < -0.39 is 0 Å². The highest BCUT2D eigenvalue weighted by atomic mass is 32.2. The zero-order valence-corrected chi connectivity index (χ0v) is 11.1. The minimum atomic E-state index is 0.614. The van der Waals surface area contributed by atoms with Crippen LogP contribution < -0.4 is 5.32 Å². The molecular weight excluding hydrogens is 216 g/mol. The van der Waals surface area contributed by atoms with Crippen LogP contribution in [0.3, 0.4) is 0 Å². The molecule has 1 atom stereocenters. The number of nitrogens with zero attached hydrogens (tertiary/aromatic N) is 1. The van der Waals surface area contributed by atoms with Crippen molar-refractivity contribution in [3.8, 4) is 0 Å². The molecule has 0 aliphatic carbocycles. The Bertz CT molecular complexity index is 264. The largest absolute Gasteiger partial charge is 0.314 e. The summed E-state index contributed by atoms with van der Waals surface area (Å²) in [5.74, 6) is 2.48. The number of aromatic nitrogens is 1. The molecule has 1 unspecified atom stereocenters. The molecule has 90 valence electrons. The van der Waals surface area contributed by atoms with E-state index in [1.807, 2.05) is 30.1 Å². The Kier molecular flexibility index (Phi) is 7.26. The monoisotopic (exact) mass is 238 g/mol. The molecule has 0 saturated carbocycles. The number of hydrogen-bond acceptors (Lipinski definition) is 3. The van der Waals surface area contributed by atoms with Crippen molar-refractivity contribution in [3.05, 3.63) is 30.1 Å². The van der Waals surface area contributed by atoms with Crippen LogP contribution in [0.2, 0.25) is 0 Å². The fourth-order valence-corrected chi connectivity index (χ4v) is 2.31. The van der Waals surface area contributed by atoms with Gasteiger partial charge in [-0.1, -0.05) is 13.0 Å². The van der Waals surface area contributed by atoms with E-state index in [1.54, 1.807) is 0 Å². The molecular formula is C13H22N2S. The summed E-state index contributed by atoms with van der Waals surface area (Å²) in [5.41, 5.74) is 1.17. The Morgan fingerprint density at radius 1 is 1.44 bits per heavy atom. The quantitative estimate of drug-likeness (QED) is 0.705. The first kappa shape index (κ1) is 13.5. The van der Waals surface area contributed by atoms with Crippen LogP contribution in [0.15, 0.2) is 24.4 Å². The standard InChI is InChI=1S/C13H22N2S/c1-3-16-11-8-12(2)14-10-7-13-6-4-5-9-15-13/h4-6,9,12,14H,3,7-8,10-11H2,1-2H3. The first-order valence-corrected chi connectivity index (χ1v) is 7.19. The molecule has 0 radical (unpaired) electrons. The summed E-state index contributed by atoms with van der Waals surface area (Å²) in [4.78, 5) is 4.31. The van der Waals surface area contributed by atoms with Gasteiger partial charge in [0.05, 0.1) is 0 Å². The first-order valence-electron chi connectivity index (χ1n) is 6.04. The maximum absolute atomic E-state index is 4.31. The Labute approximate surface area is 103 Å². The van der Waals surface area contributed by atoms with Gasteiger partial charge in [0.15, 0.2) is 0 Å². The van der Waals surface area contributed by atoms with E-state index in [4.69, 9.17) is 0 Å². The van der Waals surface area contributed by atoms with Crippen LogP contribution in [-0.2, 0) is 6.42 Å². The second-order valence-electron chi connectivity index (χ2n) is 3.91. The third-order valence-electron chi connectivity index (χ3n) is 2.50. The SMILES string of the molecule is CCSCCC(C)NCCc1ccccn1. The molecule has 0 amide bonds. The van der Waals surface area contributed by atoms with E-state index in [-0.39, 0.29) is 0 Å². The number of thioether (sulfide) groups is 1. The van der Waals surface area contributed by atoms with Gasteiger partial charge in [0, 0.05) is 30.9 Å². The van der Waals surface area contributed by atoms with Crippen LogP contribution in [0.5, 0.6) is 0 Å². The second-order valence-corrected chi connectivity index (χ2v) is 5.31. The van der Waals surface area contributed by atoms with Crippen molar-refractivity contribution in [2.45, 2.75) is 32.7 Å². The predicted octanol–water partition coefficient (Wildman–Crippen LogP) is 2.75. The molecule has 1 aromatic rings. The van der Waals surface area contributed by atoms with Crippen LogP contribution in [0.4, 0.5) is 0 Å². The smallest absolute Gasteiger partial charge is 0.0416 e. The van der Waals surface area contributed by atoms with Crippen molar-refractivity contribution in [1.82, 2.24) is 10.3 Å². The molecule has 0 aliphatic heterocycles. The summed E-state index contributed by atoms with van der Waals surface area (Å²) >= 11 is 2.01. The van der Waals surface area contributed by atoms with E-state index in [2.05, 4.69) is 30.2 Å². The normalized spacial score (nSPS) is 12.6. The van der Waals surface area contributed by atoms with Crippen LogP contribution in [-0.4, -0.2) is 29.1 Å². The van der Waals surface area contributed by atoms with Gasteiger partial charge in [-0.3, -0.25) is 4.98 Å². The highest BCUT2D eigenvalue weighted by Gasteiger charge is 2.00. The van der Waals surface area contributed by atoms with Crippen molar-refractivity contribution >= 4 is 11.8 Å². The summed E-state index contributed by atoms with van der Waals surface area (Å²) in [6.07, 6.45) is 4.13. The molecule has 1 rings (SSSR count). The van der Waals surface area contributed by atoms with Crippen LogP contribution in [0, 0.1) is 0 Å². The first-order chi connectivity index (χ1) is 7.83. The summed E-state index contributed by atoms with van der Waals surface area (Å²) in [7, 11) is 0. The fraction of sp³-hybridized carbons (Fsp3) is 0.615. The fourth-order valence-electron chi connectivity index (χ4n) is 1.50. The molecule has 0 aromatic carbocycles. The molecule has 0 bridgehead atoms. The van der Waals surface area contributed by atoms with Crippen LogP contribution >= 0.6 is 11.8 Å². The van der Waals surface area contributed by atoms with Crippen molar-refractivity contribution in [2.24, 2.45) is 0 Å². The van der Waals surface area contributed by atoms with Gasteiger partial charge in [-0.2, -0.15) is 11.8 Å². The van der Waals surface area contributed by atoms with Crippen molar-refractivity contribution < 1.29 is 0 Å². The number of nitrogens with one attached hydrogen (secondary N) is 1. The molecule has 0 aliphatic rings. The van der Waals surface area contributed by atoms with Gasteiger partial charge < -0.3 is 5.32 Å². The zero-order valence-electron chi connectivity index (χ0n) is 10.3. The van der Waals surface area contributed by atoms with Crippen molar-refractivity contribution in [2.75, 3.05) is 18.1 Å². The van der Waals surface area contributed by atoms with Gasteiger partial charge in [0.1, 0.15) is 0 Å². The summed E-state index contributed by atoms with van der Waals surface area (Å²) < 4.78 is 0. The average molecular weight is 238 g/mol. The van der Waals surface area contributed by atoms with Crippen LogP contribution in [0.25, 0.3) is 0 Å². The zero-order chi connectivity index (χ0) is 11.6. The lowest BCUT2D eigenvalue weighted by Gasteiger charge is -2.12. The van der Waals surface area contributed by atoms with Gasteiger partial charge in [0.25, 0.3) is 0 Å². The third kappa shape index (κ3) is 6.13. The minimum Gasteiger partial charge on any atom is -0.314 e. The maximum Gasteiger partial charge on any atom is 0.0416 e. The summed E-state index contributed by atoms with van der Waals surface area (Å²) in [6, 6.07) is 6.70. The Morgan fingerprint density at radius 2 is 2.31 bits per heavy atom. The van der Waals surface area contributed by atoms with Crippen LogP contribution in [0.1, 0.15) is 26.0 Å². The van der Waals surface area contributed by atoms with E-state index in [9.17, 15) is 0 Å². The molecule has 0 saturated heterocycles. The minimum absolute atomic E-state index is 0.614. The van der Waals surface area contributed by atoms with Gasteiger partial charge in [0.2, 0.25) is 0 Å². The van der Waals surface area contributed by atoms with Crippen molar-refractivity contribution in [1.29, 1.82) is 0 Å². The molecule has 16 heavy (non-hydrogen) atoms.